The molecule has 22 heavy (non-hydrogen) atoms. The Hall–Kier alpha value is -1.31. The first-order valence-electron chi connectivity index (χ1n) is 8.49. The normalized spacial score (nSPS) is 38.9. The number of fused-ring (bicyclic) bond motifs is 1. The van der Waals surface area contributed by atoms with Gasteiger partial charge < -0.3 is 5.11 Å². The summed E-state index contributed by atoms with van der Waals surface area (Å²) >= 11 is 0. The maximum atomic E-state index is 12.4. The molecule has 4 atom stereocenters. The SMILES string of the molecule is C=C/C(C)=C\C[C@@]1(C(=O)O)[C@H](C)[13CH2]C[C@@]2(C)C([13CH3])=CC[13CH2][C@H]12. The van der Waals surface area contributed by atoms with Crippen LogP contribution in [0.15, 0.2) is 36.0 Å². The quantitative estimate of drug-likeness (QED) is 0.430. The first kappa shape index (κ1) is 17.1. The van der Waals surface area contributed by atoms with Gasteiger partial charge in [-0.15, -0.1) is 0 Å². The molecule has 0 aromatic heterocycles. The second-order valence-electron chi connectivity index (χ2n) is 7.58. The van der Waals surface area contributed by atoms with Crippen LogP contribution in [0.4, 0.5) is 0 Å². The molecule has 2 nitrogen and oxygen atoms in total. The van der Waals surface area contributed by atoms with E-state index in [2.05, 4.69) is 39.5 Å². The van der Waals surface area contributed by atoms with Crippen LogP contribution >= 0.6 is 0 Å². The van der Waals surface area contributed by atoms with Crippen molar-refractivity contribution in [1.82, 2.24) is 0 Å². The van der Waals surface area contributed by atoms with Crippen molar-refractivity contribution in [2.45, 2.75) is 59.8 Å². The zero-order valence-electron chi connectivity index (χ0n) is 14.5. The van der Waals surface area contributed by atoms with Crippen molar-refractivity contribution in [2.24, 2.45) is 22.7 Å². The van der Waals surface area contributed by atoms with Crippen molar-refractivity contribution in [1.29, 1.82) is 0 Å². The molecule has 0 amide bonds. The Morgan fingerprint density at radius 3 is 2.77 bits per heavy atom. The third-order valence-electron chi connectivity index (χ3n) is 6.66. The van der Waals surface area contributed by atoms with E-state index in [0.29, 0.717) is 6.42 Å². The summed E-state index contributed by atoms with van der Waals surface area (Å²) in [4.78, 5) is 12.4. The predicted octanol–water partition coefficient (Wildman–Crippen LogP) is 5.37. The molecule has 0 saturated heterocycles. The van der Waals surface area contributed by atoms with E-state index in [1.165, 1.54) is 5.57 Å². The summed E-state index contributed by atoms with van der Waals surface area (Å²) in [6.45, 7) is 12.4. The minimum Gasteiger partial charge on any atom is -0.481 e. The van der Waals surface area contributed by atoms with E-state index in [9.17, 15) is 9.90 Å². The van der Waals surface area contributed by atoms with Crippen LogP contribution in [-0.4, -0.2) is 11.1 Å². The first-order valence-corrected chi connectivity index (χ1v) is 8.49. The second-order valence-corrected chi connectivity index (χ2v) is 7.58. The Morgan fingerprint density at radius 2 is 2.18 bits per heavy atom. The molecule has 0 radical (unpaired) electrons. The Morgan fingerprint density at radius 1 is 1.50 bits per heavy atom. The molecule has 1 N–H and O–H groups in total. The minimum atomic E-state index is -0.646. The molecular weight excluding hydrogens is 275 g/mol. The van der Waals surface area contributed by atoms with Crippen LogP contribution in [0, 0.1) is 22.7 Å². The highest BCUT2D eigenvalue weighted by Gasteiger charge is 2.59. The molecule has 0 aromatic rings. The number of carboxylic acids is 1. The van der Waals surface area contributed by atoms with Crippen molar-refractivity contribution < 1.29 is 9.90 Å². The zero-order chi connectivity index (χ0) is 16.5. The minimum absolute atomic E-state index is 0.0407. The van der Waals surface area contributed by atoms with Gasteiger partial charge in [-0.3, -0.25) is 4.79 Å². The summed E-state index contributed by atoms with van der Waals surface area (Å²) in [7, 11) is 0. The fourth-order valence-corrected chi connectivity index (χ4v) is 4.81. The molecule has 0 unspecified atom stereocenters. The number of hydrogen-bond donors (Lipinski definition) is 1. The highest BCUT2D eigenvalue weighted by molar-refractivity contribution is 5.76. The van der Waals surface area contributed by atoms with Gasteiger partial charge in [-0.25, -0.2) is 0 Å². The lowest BCUT2D eigenvalue weighted by Gasteiger charge is -2.56. The van der Waals surface area contributed by atoms with E-state index in [1.54, 1.807) is 0 Å². The second kappa shape index (κ2) is 6.06. The molecule has 2 aliphatic rings. The molecule has 122 valence electrons. The van der Waals surface area contributed by atoms with Gasteiger partial charge in [0.25, 0.3) is 0 Å². The molecule has 0 aromatic carbocycles. The van der Waals surface area contributed by atoms with Crippen LogP contribution in [-0.2, 0) is 4.79 Å². The number of hydrogen-bond acceptors (Lipinski definition) is 1. The zero-order valence-corrected chi connectivity index (χ0v) is 14.5. The van der Waals surface area contributed by atoms with Crippen LogP contribution < -0.4 is 0 Å². The summed E-state index contributed by atoms with van der Waals surface area (Å²) in [5.74, 6) is -0.179. The Bertz CT molecular complexity index is 528. The molecule has 0 spiro atoms. The average Bonchev–Trinajstić information content (AvgIpc) is 2.48. The number of carboxylic acid groups (broad SMARTS) is 1. The van der Waals surface area contributed by atoms with Gasteiger partial charge in [-0.1, -0.05) is 49.8 Å². The Kier molecular flexibility index (Phi) is 4.70. The summed E-state index contributed by atoms with van der Waals surface area (Å²) in [6, 6.07) is 0. The Labute approximate surface area is 135 Å². The van der Waals surface area contributed by atoms with Gasteiger partial charge in [-0.05, 0) is 63.2 Å². The largest absolute Gasteiger partial charge is 0.481 e. The van der Waals surface area contributed by atoms with E-state index in [-0.39, 0.29) is 17.3 Å². The van der Waals surface area contributed by atoms with E-state index < -0.39 is 11.4 Å². The van der Waals surface area contributed by atoms with E-state index in [0.717, 1.165) is 31.3 Å². The lowest BCUT2D eigenvalue weighted by molar-refractivity contribution is -0.167. The van der Waals surface area contributed by atoms with Gasteiger partial charge in [0.05, 0.1) is 5.41 Å². The van der Waals surface area contributed by atoms with E-state index >= 15 is 0 Å². The van der Waals surface area contributed by atoms with Gasteiger partial charge in [0.1, 0.15) is 0 Å². The maximum Gasteiger partial charge on any atom is 0.310 e. The van der Waals surface area contributed by atoms with Crippen molar-refractivity contribution in [3.63, 3.8) is 0 Å². The molecule has 2 heteroatoms. The summed E-state index contributed by atoms with van der Waals surface area (Å²) in [5.41, 5.74) is 1.86. The lowest BCUT2D eigenvalue weighted by atomic mass is 9.53. The number of carbonyl (C=O) groups is 1. The average molecular weight is 305 g/mol. The summed E-state index contributed by atoms with van der Waals surface area (Å²) in [5, 5.41) is 10.2. The molecular formula is C20H30O2. The van der Waals surface area contributed by atoms with Crippen molar-refractivity contribution >= 4 is 5.97 Å². The maximum absolute atomic E-state index is 12.4. The van der Waals surface area contributed by atoms with Crippen LogP contribution in [0.25, 0.3) is 0 Å². The third-order valence-corrected chi connectivity index (χ3v) is 6.66. The predicted molar refractivity (Wildman–Crippen MR) is 91.6 cm³/mol. The molecule has 2 rings (SSSR count). The molecule has 1 fully saturated rings. The lowest BCUT2D eigenvalue weighted by Crippen LogP contribution is -2.55. The van der Waals surface area contributed by atoms with Crippen LogP contribution in [0.2, 0.25) is 0 Å². The third kappa shape index (κ3) is 2.47. The standard InChI is InChI=1S/C20H30O2/c1-6-14(2)10-13-20(18(21)22)16(4)11-12-19(5)15(3)8-7-9-17(19)20/h6,8,10,16-17H,1,7,9,11-13H2,2-5H3,(H,21,22)/b14-10-/t16-,17+,19+,20-/m1/s1/i3+1,9+1,11+1. The molecule has 2 aliphatic carbocycles. The van der Waals surface area contributed by atoms with Crippen molar-refractivity contribution in [2.75, 3.05) is 0 Å². The molecule has 0 bridgehead atoms. The van der Waals surface area contributed by atoms with Gasteiger partial charge in [0.15, 0.2) is 0 Å². The number of allylic oxidation sites excluding steroid dienone is 5. The highest BCUT2D eigenvalue weighted by atomic mass is 16.4. The fraction of sp³-hybridized carbons (Fsp3) is 0.650. The molecule has 0 heterocycles. The first-order chi connectivity index (χ1) is 10.3. The molecule has 0 aliphatic heterocycles. The van der Waals surface area contributed by atoms with Gasteiger partial charge in [0, 0.05) is 0 Å². The topological polar surface area (TPSA) is 37.3 Å². The Balaban J connectivity index is 2.51. The van der Waals surface area contributed by atoms with Gasteiger partial charge >= 0.3 is 5.97 Å². The fourth-order valence-electron chi connectivity index (χ4n) is 4.81. The van der Waals surface area contributed by atoms with Crippen molar-refractivity contribution in [3.8, 4) is 0 Å². The van der Waals surface area contributed by atoms with E-state index in [1.807, 2.05) is 13.0 Å². The number of rotatable bonds is 4. The van der Waals surface area contributed by atoms with E-state index in [4.69, 9.17) is 0 Å². The highest BCUT2D eigenvalue weighted by Crippen LogP contribution is 2.61. The summed E-state index contributed by atoms with van der Waals surface area (Å²) in [6.07, 6.45) is 10.9. The summed E-state index contributed by atoms with van der Waals surface area (Å²) < 4.78 is 0. The van der Waals surface area contributed by atoms with Crippen LogP contribution in [0.5, 0.6) is 0 Å². The van der Waals surface area contributed by atoms with Crippen LogP contribution in [0.1, 0.15) is 59.8 Å². The smallest absolute Gasteiger partial charge is 0.310 e. The molecule has 1 saturated carbocycles. The van der Waals surface area contributed by atoms with Gasteiger partial charge in [0.2, 0.25) is 0 Å². The monoisotopic (exact) mass is 305 g/mol. The van der Waals surface area contributed by atoms with Crippen molar-refractivity contribution in [3.05, 3.63) is 36.0 Å². The van der Waals surface area contributed by atoms with Gasteiger partial charge in [-0.2, -0.15) is 0 Å². The number of aliphatic carboxylic acids is 1. The van der Waals surface area contributed by atoms with Crippen LogP contribution in [0.3, 0.4) is 0 Å².